The van der Waals surface area contributed by atoms with Gasteiger partial charge in [-0.25, -0.2) is 0 Å². The zero-order valence-electron chi connectivity index (χ0n) is 24.8. The lowest BCUT2D eigenvalue weighted by molar-refractivity contribution is 0.0919. The third-order valence-corrected chi connectivity index (χ3v) is 7.62. The minimum atomic E-state index is -0.581. The summed E-state index contributed by atoms with van der Waals surface area (Å²) in [6.07, 6.45) is 3.80. The molecule has 7 nitrogen and oxygen atoms in total. The molecule has 5 N–H and O–H groups in total. The highest BCUT2D eigenvalue weighted by atomic mass is 16.3. The predicted octanol–water partition coefficient (Wildman–Crippen LogP) is 6.76. The van der Waals surface area contributed by atoms with Gasteiger partial charge in [-0.2, -0.15) is 0 Å². The first-order chi connectivity index (χ1) is 19.1. The van der Waals surface area contributed by atoms with Crippen molar-refractivity contribution in [2.75, 3.05) is 10.6 Å². The smallest absolute Gasteiger partial charge is 0.255 e. The van der Waals surface area contributed by atoms with E-state index in [1.807, 2.05) is 65.8 Å². The van der Waals surface area contributed by atoms with Crippen molar-refractivity contribution in [1.29, 1.82) is 0 Å². The van der Waals surface area contributed by atoms with Crippen molar-refractivity contribution in [3.05, 3.63) is 88.0 Å². The topological polar surface area (TPSA) is 119 Å². The summed E-state index contributed by atoms with van der Waals surface area (Å²) in [7, 11) is 0. The van der Waals surface area contributed by atoms with Crippen molar-refractivity contribution in [1.82, 2.24) is 0 Å². The predicted molar refractivity (Wildman–Crippen MR) is 164 cm³/mol. The number of carbonyl (C=O) groups is 2. The summed E-state index contributed by atoms with van der Waals surface area (Å²) in [6, 6.07) is 13.3. The summed E-state index contributed by atoms with van der Waals surface area (Å²) >= 11 is 0. The molecule has 216 valence electrons. The Balaban J connectivity index is 1.65. The van der Waals surface area contributed by atoms with Crippen LogP contribution in [0.15, 0.2) is 54.6 Å². The molecule has 2 atom stereocenters. The van der Waals surface area contributed by atoms with Gasteiger partial charge in [0.1, 0.15) is 11.5 Å². The van der Waals surface area contributed by atoms with Crippen LogP contribution in [-0.2, 0) is 17.4 Å². The molecule has 41 heavy (non-hydrogen) atoms. The number of aliphatic hydroxyl groups excluding tert-OH is 1. The molecule has 0 spiro atoms. The van der Waals surface area contributed by atoms with Crippen molar-refractivity contribution >= 4 is 29.1 Å². The second-order valence-electron chi connectivity index (χ2n) is 12.8. The fourth-order valence-corrected chi connectivity index (χ4v) is 5.19. The number of phenolic OH excluding ortho intramolecular Hbond substituents is 2. The van der Waals surface area contributed by atoms with Crippen LogP contribution >= 0.6 is 0 Å². The fraction of sp³-hybridized carbons (Fsp3) is 0.353. The maximum Gasteiger partial charge on any atom is 0.255 e. The van der Waals surface area contributed by atoms with Gasteiger partial charge in [0.05, 0.1) is 29.6 Å². The molecule has 0 saturated carbocycles. The zero-order chi connectivity index (χ0) is 30.3. The van der Waals surface area contributed by atoms with E-state index >= 15 is 0 Å². The maximum atomic E-state index is 13.6. The largest absolute Gasteiger partial charge is 0.507 e. The molecule has 4 rings (SSSR count). The quantitative estimate of drug-likeness (QED) is 0.214. The summed E-state index contributed by atoms with van der Waals surface area (Å²) in [4.78, 5) is 27.1. The third kappa shape index (κ3) is 6.00. The molecule has 0 aromatic heterocycles. The van der Waals surface area contributed by atoms with Crippen molar-refractivity contribution in [3.63, 3.8) is 0 Å². The number of phenols is 2. The van der Waals surface area contributed by atoms with Crippen LogP contribution < -0.4 is 10.6 Å². The number of benzene rings is 3. The van der Waals surface area contributed by atoms with E-state index in [-0.39, 0.29) is 46.2 Å². The van der Waals surface area contributed by atoms with Crippen molar-refractivity contribution < 1.29 is 24.9 Å². The van der Waals surface area contributed by atoms with Gasteiger partial charge in [-0.1, -0.05) is 84.9 Å². The molecule has 3 aromatic rings. The van der Waals surface area contributed by atoms with Crippen molar-refractivity contribution in [2.24, 2.45) is 5.92 Å². The standard InChI is InChI=1S/C34H40N2O5/c1-19(30(39)28-21(18-37)11-9-13-27(28)38)25-15-14-20-10-8-12-26(29(20)35-25)36-32(41)22-16-23(33(2,3)4)31(40)24(17-22)34(5,6)7/h8-17,19,25,35,37-38,40H,18H2,1-7H3,(H,36,41). The Labute approximate surface area is 241 Å². The van der Waals surface area contributed by atoms with E-state index in [9.17, 15) is 24.9 Å². The molecule has 0 bridgehead atoms. The number of carbonyl (C=O) groups excluding carboxylic acids is 2. The third-order valence-electron chi connectivity index (χ3n) is 7.62. The second-order valence-corrected chi connectivity index (χ2v) is 12.8. The Morgan fingerprint density at radius 3 is 2.15 bits per heavy atom. The first-order valence-electron chi connectivity index (χ1n) is 13.9. The summed E-state index contributed by atoms with van der Waals surface area (Å²) in [5.41, 5.74) is 3.66. The average molecular weight is 557 g/mol. The molecule has 0 fully saturated rings. The lowest BCUT2D eigenvalue weighted by Crippen LogP contribution is -2.33. The number of Topliss-reactive ketones (excluding diaryl/α,β-unsaturated/α-hetero) is 1. The highest BCUT2D eigenvalue weighted by Gasteiger charge is 2.31. The van der Waals surface area contributed by atoms with Gasteiger partial charge >= 0.3 is 0 Å². The SMILES string of the molecule is CC(C(=O)c1c(O)cccc1CO)C1C=Cc2cccc(NC(=O)c3cc(C(C)(C)C)c(O)c(C(C)(C)C)c3)c2N1. The Morgan fingerprint density at radius 1 is 0.951 bits per heavy atom. The summed E-state index contributed by atoms with van der Waals surface area (Å²) in [5, 5.41) is 37.6. The van der Waals surface area contributed by atoms with Gasteiger partial charge in [0, 0.05) is 22.6 Å². The number of ketones is 1. The van der Waals surface area contributed by atoms with Crippen LogP contribution in [0.5, 0.6) is 11.5 Å². The molecule has 2 unspecified atom stereocenters. The van der Waals surface area contributed by atoms with Gasteiger partial charge in [0.2, 0.25) is 0 Å². The Bertz CT molecular complexity index is 1490. The Hall–Kier alpha value is -4.10. The summed E-state index contributed by atoms with van der Waals surface area (Å²) in [6.45, 7) is 13.4. The fourth-order valence-electron chi connectivity index (χ4n) is 5.19. The van der Waals surface area contributed by atoms with E-state index in [1.165, 1.54) is 6.07 Å². The van der Waals surface area contributed by atoms with Crippen LogP contribution in [0.2, 0.25) is 0 Å². The average Bonchev–Trinajstić information content (AvgIpc) is 2.90. The number of para-hydroxylation sites is 1. The molecule has 1 aliphatic heterocycles. The molecule has 1 amide bonds. The molecule has 0 aliphatic carbocycles. The van der Waals surface area contributed by atoms with Gasteiger partial charge in [0.25, 0.3) is 5.91 Å². The highest BCUT2D eigenvalue weighted by Crippen LogP contribution is 2.40. The number of rotatable bonds is 6. The molecule has 0 radical (unpaired) electrons. The number of hydrogen-bond acceptors (Lipinski definition) is 6. The maximum absolute atomic E-state index is 13.6. The number of anilines is 2. The van der Waals surface area contributed by atoms with Crippen molar-refractivity contribution in [2.45, 2.75) is 71.9 Å². The lowest BCUT2D eigenvalue weighted by atomic mass is 9.78. The van der Waals surface area contributed by atoms with Crippen molar-refractivity contribution in [3.8, 4) is 11.5 Å². The molecule has 7 heteroatoms. The zero-order valence-corrected chi connectivity index (χ0v) is 24.8. The molecular formula is C34H40N2O5. The van der Waals surface area contributed by atoms with Crippen LogP contribution in [0.3, 0.4) is 0 Å². The summed E-state index contributed by atoms with van der Waals surface area (Å²) < 4.78 is 0. The minimum Gasteiger partial charge on any atom is -0.507 e. The van der Waals surface area contributed by atoms with Crippen LogP contribution in [0.25, 0.3) is 6.08 Å². The first kappa shape index (κ1) is 29.9. The number of nitrogens with one attached hydrogen (secondary N) is 2. The molecule has 1 heterocycles. The van der Waals surface area contributed by atoms with E-state index in [2.05, 4.69) is 10.6 Å². The number of hydrogen-bond donors (Lipinski definition) is 5. The number of aliphatic hydroxyl groups is 1. The second kappa shape index (κ2) is 11.1. The molecule has 1 aliphatic rings. The number of amides is 1. The number of fused-ring (bicyclic) bond motifs is 1. The number of aromatic hydroxyl groups is 2. The van der Waals surface area contributed by atoms with E-state index in [1.54, 1.807) is 37.3 Å². The van der Waals surface area contributed by atoms with E-state index < -0.39 is 12.0 Å². The van der Waals surface area contributed by atoms with E-state index in [4.69, 9.17) is 0 Å². The Kier molecular flexibility index (Phi) is 8.05. The van der Waals surface area contributed by atoms with Gasteiger partial charge in [0.15, 0.2) is 5.78 Å². The van der Waals surface area contributed by atoms with Gasteiger partial charge in [-0.3, -0.25) is 9.59 Å². The van der Waals surface area contributed by atoms with Crippen LogP contribution in [-0.4, -0.2) is 33.1 Å². The van der Waals surface area contributed by atoms with E-state index in [0.717, 1.165) is 5.56 Å². The minimum absolute atomic E-state index is 0.113. The normalized spacial score (nSPS) is 15.6. The van der Waals surface area contributed by atoms with Crippen LogP contribution in [0, 0.1) is 5.92 Å². The van der Waals surface area contributed by atoms with Gasteiger partial charge in [-0.05, 0) is 46.2 Å². The molecular weight excluding hydrogens is 516 g/mol. The molecule has 3 aromatic carbocycles. The van der Waals surface area contributed by atoms with E-state index in [0.29, 0.717) is 33.6 Å². The Morgan fingerprint density at radius 2 is 1.56 bits per heavy atom. The lowest BCUT2D eigenvalue weighted by Gasteiger charge is -2.29. The van der Waals surface area contributed by atoms with Gasteiger partial charge < -0.3 is 26.0 Å². The van der Waals surface area contributed by atoms with Crippen LogP contribution in [0.4, 0.5) is 11.4 Å². The monoisotopic (exact) mass is 556 g/mol. The highest BCUT2D eigenvalue weighted by molar-refractivity contribution is 6.07. The molecule has 0 saturated heterocycles. The first-order valence-corrected chi connectivity index (χ1v) is 13.9. The summed E-state index contributed by atoms with van der Waals surface area (Å²) in [5.74, 6) is -1.15. The van der Waals surface area contributed by atoms with Gasteiger partial charge in [-0.15, -0.1) is 0 Å². The van der Waals surface area contributed by atoms with Crippen LogP contribution in [0.1, 0.15) is 91.4 Å².